The van der Waals surface area contributed by atoms with E-state index >= 15 is 0 Å². The van der Waals surface area contributed by atoms with Gasteiger partial charge in [-0.15, -0.1) is 5.10 Å². The first-order valence-corrected chi connectivity index (χ1v) is 12.8. The number of ether oxygens (including phenoxy) is 2. The maximum absolute atomic E-state index is 13.8. The van der Waals surface area contributed by atoms with Gasteiger partial charge in [0.25, 0.3) is 5.91 Å². The van der Waals surface area contributed by atoms with Gasteiger partial charge in [-0.1, -0.05) is 55.4 Å². The number of aromatic nitrogens is 3. The second kappa shape index (κ2) is 11.3. The van der Waals surface area contributed by atoms with Crippen LogP contribution in [0.15, 0.2) is 65.0 Å². The molecule has 0 aliphatic carbocycles. The number of anilines is 2. The lowest BCUT2D eigenvalue weighted by atomic mass is 9.94. The lowest BCUT2D eigenvalue weighted by Crippen LogP contribution is -2.31. The topological polar surface area (TPSA) is 90.3 Å². The van der Waals surface area contributed by atoms with Gasteiger partial charge in [-0.25, -0.2) is 4.68 Å². The van der Waals surface area contributed by atoms with Crippen molar-refractivity contribution in [1.82, 2.24) is 14.8 Å². The summed E-state index contributed by atoms with van der Waals surface area (Å²) < 4.78 is 13.2. The molecule has 2 N–H and O–H groups in total. The van der Waals surface area contributed by atoms with Crippen molar-refractivity contribution in [2.45, 2.75) is 44.8 Å². The Morgan fingerprint density at radius 3 is 2.63 bits per heavy atom. The molecule has 0 spiro atoms. The van der Waals surface area contributed by atoms with E-state index in [-0.39, 0.29) is 5.91 Å². The number of nitrogens with zero attached hydrogens (tertiary/aromatic N) is 3. The molecule has 1 atom stereocenters. The van der Waals surface area contributed by atoms with Crippen molar-refractivity contribution < 1.29 is 14.3 Å². The van der Waals surface area contributed by atoms with Gasteiger partial charge in [-0.05, 0) is 38.5 Å². The van der Waals surface area contributed by atoms with Gasteiger partial charge >= 0.3 is 0 Å². The largest absolute Gasteiger partial charge is 0.495 e. The quantitative estimate of drug-likeness (QED) is 0.284. The molecule has 1 unspecified atom stereocenters. The van der Waals surface area contributed by atoms with Crippen LogP contribution in [0.1, 0.15) is 45.2 Å². The second-order valence-corrected chi connectivity index (χ2v) is 9.12. The van der Waals surface area contributed by atoms with Crippen molar-refractivity contribution in [2.24, 2.45) is 0 Å². The predicted octanol–water partition coefficient (Wildman–Crippen LogP) is 5.51. The molecule has 9 heteroatoms. The molecular formula is C26H31N5O3S. The summed E-state index contributed by atoms with van der Waals surface area (Å²) in [5.41, 5.74) is 2.68. The Bertz CT molecular complexity index is 1220. The molecule has 1 aromatic heterocycles. The minimum Gasteiger partial charge on any atom is -0.495 e. The molecular weight excluding hydrogens is 462 g/mol. The molecule has 2 aromatic carbocycles. The van der Waals surface area contributed by atoms with E-state index in [9.17, 15) is 4.79 Å². The molecule has 1 aliphatic heterocycles. The Kier molecular flexibility index (Phi) is 7.97. The minimum absolute atomic E-state index is 0.253. The monoisotopic (exact) mass is 493 g/mol. The maximum atomic E-state index is 13.8. The SMILES string of the molecule is CCCCSc1nc2n(n1)C(c1ccccc1OCC)C(C(=O)Nc1ccccc1OC)=C(C)N2. The molecule has 1 amide bonds. The fourth-order valence-corrected chi connectivity index (χ4v) is 4.93. The van der Waals surface area contributed by atoms with E-state index in [1.807, 2.05) is 62.4 Å². The van der Waals surface area contributed by atoms with E-state index < -0.39 is 6.04 Å². The summed E-state index contributed by atoms with van der Waals surface area (Å²) in [5.74, 6) is 2.58. The van der Waals surface area contributed by atoms with Crippen LogP contribution in [0.2, 0.25) is 0 Å². The number of nitrogens with one attached hydrogen (secondary N) is 2. The third-order valence-electron chi connectivity index (χ3n) is 5.68. The number of carbonyl (C=O) groups is 1. The van der Waals surface area contributed by atoms with Crippen LogP contribution in [0, 0.1) is 0 Å². The lowest BCUT2D eigenvalue weighted by molar-refractivity contribution is -0.113. The molecule has 0 saturated heterocycles. The highest BCUT2D eigenvalue weighted by Gasteiger charge is 2.36. The molecule has 8 nitrogen and oxygen atoms in total. The maximum Gasteiger partial charge on any atom is 0.255 e. The van der Waals surface area contributed by atoms with Crippen LogP contribution >= 0.6 is 11.8 Å². The van der Waals surface area contributed by atoms with Gasteiger partial charge in [0.15, 0.2) is 0 Å². The third kappa shape index (κ3) is 5.30. The number of fused-ring (bicyclic) bond motifs is 1. The van der Waals surface area contributed by atoms with Gasteiger partial charge in [-0.2, -0.15) is 4.98 Å². The standard InChI is InChI=1S/C26H31N5O3S/c1-5-7-16-35-26-29-25-27-17(3)22(24(32)28-19-13-9-11-15-21(19)33-4)23(31(25)30-26)18-12-8-10-14-20(18)34-6-2/h8-15,23H,5-7,16H2,1-4H3,(H,28,32)(H,27,29,30). The molecule has 0 fully saturated rings. The van der Waals surface area contributed by atoms with Crippen molar-refractivity contribution in [2.75, 3.05) is 30.1 Å². The van der Waals surface area contributed by atoms with Crippen LogP contribution in [-0.2, 0) is 4.79 Å². The first-order chi connectivity index (χ1) is 17.1. The molecule has 0 bridgehead atoms. The third-order valence-corrected chi connectivity index (χ3v) is 6.60. The van der Waals surface area contributed by atoms with Crippen molar-refractivity contribution in [3.63, 3.8) is 0 Å². The van der Waals surface area contributed by atoms with Crippen molar-refractivity contribution in [3.05, 3.63) is 65.4 Å². The molecule has 1 aliphatic rings. The summed E-state index contributed by atoms with van der Waals surface area (Å²) in [4.78, 5) is 18.5. The zero-order chi connectivity index (χ0) is 24.8. The Labute approximate surface area is 210 Å². The summed E-state index contributed by atoms with van der Waals surface area (Å²) in [6, 6.07) is 14.6. The number of thioether (sulfide) groups is 1. The van der Waals surface area contributed by atoms with E-state index in [0.29, 0.717) is 46.2 Å². The molecule has 0 radical (unpaired) electrons. The number of unbranched alkanes of at least 4 members (excludes halogenated alkanes) is 1. The molecule has 4 rings (SSSR count). The first kappa shape index (κ1) is 24.7. The van der Waals surface area contributed by atoms with Gasteiger partial charge in [0.1, 0.15) is 17.5 Å². The Hall–Kier alpha value is -3.46. The van der Waals surface area contributed by atoms with Crippen LogP contribution in [-0.4, -0.2) is 40.1 Å². The number of methoxy groups -OCH3 is 1. The van der Waals surface area contributed by atoms with Gasteiger partial charge in [0, 0.05) is 17.0 Å². The fraction of sp³-hybridized carbons (Fsp3) is 0.346. The summed E-state index contributed by atoms with van der Waals surface area (Å²) in [5, 5.41) is 11.8. The smallest absolute Gasteiger partial charge is 0.255 e. The zero-order valence-corrected chi connectivity index (χ0v) is 21.3. The number of amides is 1. The zero-order valence-electron chi connectivity index (χ0n) is 20.5. The first-order valence-electron chi connectivity index (χ1n) is 11.8. The van der Waals surface area contributed by atoms with E-state index in [2.05, 4.69) is 17.6 Å². The molecule has 2 heterocycles. The van der Waals surface area contributed by atoms with Crippen LogP contribution in [0.5, 0.6) is 11.5 Å². The highest BCUT2D eigenvalue weighted by atomic mass is 32.2. The summed E-state index contributed by atoms with van der Waals surface area (Å²) in [7, 11) is 1.58. The Morgan fingerprint density at radius 1 is 1.14 bits per heavy atom. The molecule has 184 valence electrons. The van der Waals surface area contributed by atoms with Crippen LogP contribution < -0.4 is 20.1 Å². The summed E-state index contributed by atoms with van der Waals surface area (Å²) >= 11 is 1.62. The van der Waals surface area contributed by atoms with E-state index in [1.165, 1.54) is 0 Å². The molecule has 35 heavy (non-hydrogen) atoms. The van der Waals surface area contributed by atoms with E-state index in [4.69, 9.17) is 19.6 Å². The number of carbonyl (C=O) groups excluding carboxylic acids is 1. The normalized spacial score (nSPS) is 14.8. The Balaban J connectivity index is 1.78. The molecule has 3 aromatic rings. The number of hydrogen-bond donors (Lipinski definition) is 2. The lowest BCUT2D eigenvalue weighted by Gasteiger charge is -2.29. The van der Waals surface area contributed by atoms with Crippen molar-refractivity contribution >= 4 is 29.3 Å². The summed E-state index contributed by atoms with van der Waals surface area (Å²) in [6.45, 7) is 6.50. The van der Waals surface area contributed by atoms with Gasteiger partial charge in [-0.3, -0.25) is 4.79 Å². The number of para-hydroxylation sites is 3. The van der Waals surface area contributed by atoms with Crippen LogP contribution in [0.25, 0.3) is 0 Å². The number of allylic oxidation sites excluding steroid dienone is 1. The van der Waals surface area contributed by atoms with Gasteiger partial charge in [0.2, 0.25) is 11.1 Å². The highest BCUT2D eigenvalue weighted by Crippen LogP contribution is 2.40. The fourth-order valence-electron chi connectivity index (χ4n) is 4.01. The summed E-state index contributed by atoms with van der Waals surface area (Å²) in [6.07, 6.45) is 2.19. The van der Waals surface area contributed by atoms with Gasteiger partial charge in [0.05, 0.1) is 25.0 Å². The van der Waals surface area contributed by atoms with Crippen molar-refractivity contribution in [1.29, 1.82) is 0 Å². The average molecular weight is 494 g/mol. The van der Waals surface area contributed by atoms with Gasteiger partial charge < -0.3 is 20.1 Å². The van der Waals surface area contributed by atoms with Crippen molar-refractivity contribution in [3.8, 4) is 11.5 Å². The average Bonchev–Trinajstić information content (AvgIpc) is 3.26. The number of benzene rings is 2. The number of rotatable bonds is 10. The van der Waals surface area contributed by atoms with E-state index in [1.54, 1.807) is 23.6 Å². The predicted molar refractivity (Wildman–Crippen MR) is 139 cm³/mol. The number of hydrogen-bond acceptors (Lipinski definition) is 7. The minimum atomic E-state index is -0.517. The highest BCUT2D eigenvalue weighted by molar-refractivity contribution is 7.99. The second-order valence-electron chi connectivity index (χ2n) is 8.06. The molecule has 0 saturated carbocycles. The van der Waals surface area contributed by atoms with Crippen LogP contribution in [0.4, 0.5) is 11.6 Å². The Morgan fingerprint density at radius 2 is 1.89 bits per heavy atom. The van der Waals surface area contributed by atoms with Crippen LogP contribution in [0.3, 0.4) is 0 Å². The van der Waals surface area contributed by atoms with E-state index in [0.717, 1.165) is 24.2 Å².